The normalized spacial score (nSPS) is 16.1. The molecule has 0 radical (unpaired) electrons. The number of rotatable bonds is 4. The Morgan fingerprint density at radius 3 is 2.79 bits per heavy atom. The number of nitrogens with one attached hydrogen (secondary N) is 2. The third-order valence-electron chi connectivity index (χ3n) is 4.30. The fourth-order valence-electron chi connectivity index (χ4n) is 3.01. The number of anilines is 1. The maximum Gasteiger partial charge on any atom is 0.320 e. The highest BCUT2D eigenvalue weighted by atomic mass is 16.3. The van der Waals surface area contributed by atoms with Crippen LogP contribution in [-0.4, -0.2) is 38.0 Å². The summed E-state index contributed by atoms with van der Waals surface area (Å²) in [6.45, 7) is 4.09. The van der Waals surface area contributed by atoms with Crippen LogP contribution < -0.4 is 10.6 Å². The summed E-state index contributed by atoms with van der Waals surface area (Å²) in [5.41, 5.74) is 1.07. The van der Waals surface area contributed by atoms with Gasteiger partial charge in [-0.05, 0) is 44.4 Å². The van der Waals surface area contributed by atoms with Crippen LogP contribution in [0.15, 0.2) is 24.4 Å². The van der Waals surface area contributed by atoms with Crippen molar-refractivity contribution in [1.29, 1.82) is 0 Å². The first-order valence-electron chi connectivity index (χ1n) is 8.22. The number of nitrogens with zero attached hydrogens (tertiary/aromatic N) is 3. The number of hydrogen-bond acceptors (Lipinski definition) is 4. The zero-order chi connectivity index (χ0) is 17.2. The van der Waals surface area contributed by atoms with E-state index in [0.29, 0.717) is 11.6 Å². The summed E-state index contributed by atoms with van der Waals surface area (Å²) in [5.74, 6) is 1.19. The van der Waals surface area contributed by atoms with Gasteiger partial charge >= 0.3 is 6.03 Å². The number of hydrogen-bond donors (Lipinski definition) is 3. The molecule has 0 saturated heterocycles. The minimum absolute atomic E-state index is 0.259. The van der Waals surface area contributed by atoms with Crippen LogP contribution in [0.3, 0.4) is 0 Å². The Kier molecular flexibility index (Phi) is 4.53. The standard InChI is InChI=1S/C17H23N5O2/c1-12-5-8-18-14(9-12)22-15(10-13(2)21-22)20-16(23)19-11-17(24)6-3-4-7-17/h5,8-10,24H,3-4,6-7,11H2,1-2H3,(H2,19,20,23). The highest BCUT2D eigenvalue weighted by Crippen LogP contribution is 2.28. The van der Waals surface area contributed by atoms with Gasteiger partial charge in [0.25, 0.3) is 0 Å². The molecule has 2 amide bonds. The molecule has 1 saturated carbocycles. The molecule has 0 bridgehead atoms. The number of aliphatic hydroxyl groups is 1. The molecule has 3 N–H and O–H groups in total. The Labute approximate surface area is 141 Å². The maximum absolute atomic E-state index is 12.2. The molecule has 24 heavy (non-hydrogen) atoms. The lowest BCUT2D eigenvalue weighted by molar-refractivity contribution is 0.0506. The van der Waals surface area contributed by atoms with Crippen molar-refractivity contribution in [3.8, 4) is 5.82 Å². The Morgan fingerprint density at radius 2 is 2.08 bits per heavy atom. The molecule has 0 aromatic carbocycles. The maximum atomic E-state index is 12.2. The number of carbonyl (C=O) groups is 1. The van der Waals surface area contributed by atoms with E-state index in [2.05, 4.69) is 20.7 Å². The van der Waals surface area contributed by atoms with Crippen molar-refractivity contribution in [2.24, 2.45) is 0 Å². The van der Waals surface area contributed by atoms with Gasteiger partial charge in [0.2, 0.25) is 0 Å². The molecule has 7 heteroatoms. The third kappa shape index (κ3) is 3.73. The van der Waals surface area contributed by atoms with Gasteiger partial charge in [0.05, 0.1) is 11.3 Å². The minimum atomic E-state index is -0.772. The summed E-state index contributed by atoms with van der Waals surface area (Å²) in [7, 11) is 0. The zero-order valence-corrected chi connectivity index (χ0v) is 14.0. The fourth-order valence-corrected chi connectivity index (χ4v) is 3.01. The number of amides is 2. The van der Waals surface area contributed by atoms with E-state index < -0.39 is 5.60 Å². The average molecular weight is 329 g/mol. The second kappa shape index (κ2) is 6.60. The molecule has 1 fully saturated rings. The molecular weight excluding hydrogens is 306 g/mol. The van der Waals surface area contributed by atoms with Gasteiger partial charge in [-0.2, -0.15) is 9.78 Å². The van der Waals surface area contributed by atoms with Gasteiger partial charge in [-0.1, -0.05) is 12.8 Å². The van der Waals surface area contributed by atoms with Crippen molar-refractivity contribution < 1.29 is 9.90 Å². The molecule has 0 unspecified atom stereocenters. The predicted molar refractivity (Wildman–Crippen MR) is 91.3 cm³/mol. The smallest absolute Gasteiger partial charge is 0.320 e. The van der Waals surface area contributed by atoms with E-state index in [1.807, 2.05) is 26.0 Å². The second-order valence-corrected chi connectivity index (χ2v) is 6.51. The average Bonchev–Trinajstić information content (AvgIpc) is 3.12. The van der Waals surface area contributed by atoms with Crippen LogP contribution in [0.1, 0.15) is 36.9 Å². The lowest BCUT2D eigenvalue weighted by Crippen LogP contribution is -2.42. The molecule has 2 aromatic rings. The minimum Gasteiger partial charge on any atom is -0.388 e. The van der Waals surface area contributed by atoms with Crippen LogP contribution in [0.5, 0.6) is 0 Å². The van der Waals surface area contributed by atoms with Crippen molar-refractivity contribution in [3.63, 3.8) is 0 Å². The number of carbonyl (C=O) groups excluding carboxylic acids is 1. The molecular formula is C17H23N5O2. The quantitative estimate of drug-likeness (QED) is 0.802. The van der Waals surface area contributed by atoms with Crippen molar-refractivity contribution in [3.05, 3.63) is 35.7 Å². The molecule has 0 aliphatic heterocycles. The van der Waals surface area contributed by atoms with E-state index in [0.717, 1.165) is 36.9 Å². The predicted octanol–water partition coefficient (Wildman–Crippen LogP) is 2.31. The number of pyridine rings is 1. The van der Waals surface area contributed by atoms with E-state index in [4.69, 9.17) is 0 Å². The van der Waals surface area contributed by atoms with Crippen LogP contribution in [-0.2, 0) is 0 Å². The molecule has 2 heterocycles. The SMILES string of the molecule is Cc1ccnc(-n2nc(C)cc2NC(=O)NCC2(O)CCCC2)c1. The van der Waals surface area contributed by atoms with Crippen LogP contribution in [0.2, 0.25) is 0 Å². The monoisotopic (exact) mass is 329 g/mol. The summed E-state index contributed by atoms with van der Waals surface area (Å²) in [6, 6.07) is 5.23. The highest BCUT2D eigenvalue weighted by Gasteiger charge is 2.31. The van der Waals surface area contributed by atoms with Gasteiger partial charge in [-0.3, -0.25) is 5.32 Å². The molecule has 1 aliphatic rings. The van der Waals surface area contributed by atoms with Crippen molar-refractivity contribution >= 4 is 11.8 Å². The van der Waals surface area contributed by atoms with Crippen LogP contribution >= 0.6 is 0 Å². The van der Waals surface area contributed by atoms with Gasteiger partial charge in [0.1, 0.15) is 5.82 Å². The van der Waals surface area contributed by atoms with Gasteiger partial charge in [-0.15, -0.1) is 0 Å². The molecule has 0 spiro atoms. The van der Waals surface area contributed by atoms with Crippen molar-refractivity contribution in [1.82, 2.24) is 20.1 Å². The summed E-state index contributed by atoms with van der Waals surface area (Å²) in [4.78, 5) is 16.5. The van der Waals surface area contributed by atoms with Crippen LogP contribution in [0.25, 0.3) is 5.82 Å². The van der Waals surface area contributed by atoms with Crippen molar-refractivity contribution in [2.45, 2.75) is 45.1 Å². The van der Waals surface area contributed by atoms with E-state index in [1.165, 1.54) is 0 Å². The van der Waals surface area contributed by atoms with Gasteiger partial charge < -0.3 is 10.4 Å². The Hall–Kier alpha value is -2.41. The van der Waals surface area contributed by atoms with E-state index >= 15 is 0 Å². The first-order chi connectivity index (χ1) is 11.5. The zero-order valence-electron chi connectivity index (χ0n) is 14.0. The molecule has 2 aromatic heterocycles. The Bertz CT molecular complexity index is 734. The molecule has 1 aliphatic carbocycles. The van der Waals surface area contributed by atoms with Gasteiger partial charge in [0, 0.05) is 18.8 Å². The molecule has 128 valence electrons. The Morgan fingerprint density at radius 1 is 1.33 bits per heavy atom. The fraction of sp³-hybridized carbons (Fsp3) is 0.471. The third-order valence-corrected chi connectivity index (χ3v) is 4.30. The number of aromatic nitrogens is 3. The first-order valence-corrected chi connectivity index (χ1v) is 8.22. The summed E-state index contributed by atoms with van der Waals surface area (Å²) in [6.07, 6.45) is 5.19. The van der Waals surface area contributed by atoms with E-state index in [9.17, 15) is 9.90 Å². The molecule has 3 rings (SSSR count). The summed E-state index contributed by atoms with van der Waals surface area (Å²) >= 11 is 0. The molecule has 0 atom stereocenters. The number of aryl methyl sites for hydroxylation is 2. The van der Waals surface area contributed by atoms with E-state index in [-0.39, 0.29) is 12.6 Å². The summed E-state index contributed by atoms with van der Waals surface area (Å²) in [5, 5.41) is 20.2. The van der Waals surface area contributed by atoms with E-state index in [1.54, 1.807) is 16.9 Å². The number of urea groups is 1. The lowest BCUT2D eigenvalue weighted by Gasteiger charge is -2.22. The lowest BCUT2D eigenvalue weighted by atomic mass is 10.0. The highest BCUT2D eigenvalue weighted by molar-refractivity contribution is 5.88. The van der Waals surface area contributed by atoms with Crippen LogP contribution in [0.4, 0.5) is 10.6 Å². The Balaban J connectivity index is 1.70. The first kappa shape index (κ1) is 16.4. The van der Waals surface area contributed by atoms with Gasteiger partial charge in [0.15, 0.2) is 5.82 Å². The van der Waals surface area contributed by atoms with Crippen molar-refractivity contribution in [2.75, 3.05) is 11.9 Å². The van der Waals surface area contributed by atoms with Gasteiger partial charge in [-0.25, -0.2) is 9.78 Å². The summed E-state index contributed by atoms with van der Waals surface area (Å²) < 4.78 is 1.60. The topological polar surface area (TPSA) is 92.1 Å². The second-order valence-electron chi connectivity index (χ2n) is 6.51. The largest absolute Gasteiger partial charge is 0.388 e. The van der Waals surface area contributed by atoms with Crippen LogP contribution in [0, 0.1) is 13.8 Å². The molecule has 7 nitrogen and oxygen atoms in total.